The molecule has 0 atom stereocenters. The number of thiazole rings is 1. The van der Waals surface area contributed by atoms with Crippen LogP contribution in [0.1, 0.15) is 5.69 Å². The summed E-state index contributed by atoms with van der Waals surface area (Å²) in [5, 5.41) is 12.8. The summed E-state index contributed by atoms with van der Waals surface area (Å²) in [7, 11) is 0. The van der Waals surface area contributed by atoms with Gasteiger partial charge in [0.05, 0.1) is 17.5 Å². The molecule has 0 bridgehead atoms. The third-order valence-electron chi connectivity index (χ3n) is 3.85. The zero-order chi connectivity index (χ0) is 17.3. The van der Waals surface area contributed by atoms with Crippen molar-refractivity contribution in [3.8, 4) is 22.2 Å². The van der Waals surface area contributed by atoms with E-state index in [9.17, 15) is 0 Å². The van der Waals surface area contributed by atoms with Crippen LogP contribution < -0.4 is 0 Å². The van der Waals surface area contributed by atoms with Crippen LogP contribution in [0, 0.1) is 0 Å². The van der Waals surface area contributed by atoms with Gasteiger partial charge in [-0.25, -0.2) is 4.98 Å². The van der Waals surface area contributed by atoms with Gasteiger partial charge in [0, 0.05) is 28.2 Å². The van der Waals surface area contributed by atoms with E-state index < -0.39 is 0 Å². The molecule has 0 saturated carbocycles. The Morgan fingerprint density at radius 2 is 2.08 bits per heavy atom. The lowest BCUT2D eigenvalue weighted by Gasteiger charge is -1.93. The smallest absolute Gasteiger partial charge is 0.277 e. The van der Waals surface area contributed by atoms with Gasteiger partial charge in [-0.05, 0) is 18.2 Å². The van der Waals surface area contributed by atoms with Gasteiger partial charge >= 0.3 is 0 Å². The molecule has 0 aliphatic rings. The molecule has 0 aliphatic carbocycles. The minimum absolute atomic E-state index is 0.513. The highest BCUT2D eigenvalue weighted by atomic mass is 32.2. The van der Waals surface area contributed by atoms with Crippen LogP contribution in [0.4, 0.5) is 0 Å². The second-order valence-corrected chi connectivity index (χ2v) is 7.32. The number of para-hydroxylation sites is 1. The average molecular weight is 380 g/mol. The van der Waals surface area contributed by atoms with Crippen molar-refractivity contribution in [2.24, 2.45) is 0 Å². The van der Waals surface area contributed by atoms with Gasteiger partial charge < -0.3 is 13.8 Å². The number of H-pyrrole nitrogens is 1. The number of aromatic amines is 1. The Balaban J connectivity index is 1.32. The summed E-state index contributed by atoms with van der Waals surface area (Å²) < 4.78 is 11.2. The van der Waals surface area contributed by atoms with Crippen molar-refractivity contribution in [2.75, 3.05) is 0 Å². The Kier molecular flexibility index (Phi) is 3.84. The van der Waals surface area contributed by atoms with Crippen LogP contribution >= 0.6 is 23.1 Å². The summed E-state index contributed by atoms with van der Waals surface area (Å²) in [6.45, 7) is 0. The van der Waals surface area contributed by atoms with Gasteiger partial charge in [-0.15, -0.1) is 21.5 Å². The van der Waals surface area contributed by atoms with Crippen LogP contribution in [0.25, 0.3) is 33.1 Å². The lowest BCUT2D eigenvalue weighted by molar-refractivity contribution is 0.466. The molecule has 8 heteroatoms. The molecule has 0 radical (unpaired) electrons. The molecule has 5 aromatic rings. The van der Waals surface area contributed by atoms with Gasteiger partial charge in [-0.2, -0.15) is 0 Å². The van der Waals surface area contributed by atoms with Gasteiger partial charge in [0.15, 0.2) is 10.8 Å². The molecule has 0 saturated heterocycles. The van der Waals surface area contributed by atoms with Gasteiger partial charge in [0.1, 0.15) is 0 Å². The Labute approximate surface area is 156 Å². The molecule has 0 amide bonds. The Morgan fingerprint density at radius 1 is 1.12 bits per heavy atom. The predicted molar refractivity (Wildman–Crippen MR) is 101 cm³/mol. The Hall–Kier alpha value is -2.84. The minimum Gasteiger partial charge on any atom is -0.462 e. The van der Waals surface area contributed by atoms with Crippen molar-refractivity contribution in [3.05, 3.63) is 59.9 Å². The van der Waals surface area contributed by atoms with Gasteiger partial charge in [0.25, 0.3) is 11.1 Å². The molecule has 5 rings (SSSR count). The van der Waals surface area contributed by atoms with Gasteiger partial charge in [-0.3, -0.25) is 0 Å². The largest absolute Gasteiger partial charge is 0.462 e. The molecule has 1 aromatic carbocycles. The minimum atomic E-state index is 0.513. The summed E-state index contributed by atoms with van der Waals surface area (Å²) >= 11 is 3.03. The monoisotopic (exact) mass is 380 g/mol. The van der Waals surface area contributed by atoms with E-state index in [1.165, 1.54) is 11.8 Å². The first-order chi connectivity index (χ1) is 12.9. The molecule has 26 heavy (non-hydrogen) atoms. The quantitative estimate of drug-likeness (QED) is 0.421. The molecular weight excluding hydrogens is 368 g/mol. The van der Waals surface area contributed by atoms with Crippen molar-refractivity contribution < 1.29 is 8.83 Å². The summed E-state index contributed by atoms with van der Waals surface area (Å²) in [4.78, 5) is 7.79. The first-order valence-electron chi connectivity index (χ1n) is 7.88. The van der Waals surface area contributed by atoms with E-state index in [-0.39, 0.29) is 0 Å². The van der Waals surface area contributed by atoms with Crippen molar-refractivity contribution >= 4 is 34.0 Å². The second kappa shape index (κ2) is 6.47. The van der Waals surface area contributed by atoms with Crippen molar-refractivity contribution in [3.63, 3.8) is 0 Å². The third-order valence-corrected chi connectivity index (χ3v) is 5.61. The molecule has 0 fully saturated rings. The topological polar surface area (TPSA) is 80.7 Å². The Bertz CT molecular complexity index is 1160. The van der Waals surface area contributed by atoms with E-state index in [4.69, 9.17) is 8.83 Å². The highest BCUT2D eigenvalue weighted by Gasteiger charge is 2.14. The first-order valence-corrected chi connectivity index (χ1v) is 9.74. The van der Waals surface area contributed by atoms with Gasteiger partial charge in [-0.1, -0.05) is 30.0 Å². The number of nitrogens with zero attached hydrogens (tertiary/aromatic N) is 3. The molecule has 128 valence electrons. The maximum Gasteiger partial charge on any atom is 0.277 e. The van der Waals surface area contributed by atoms with E-state index in [0.717, 1.165) is 32.9 Å². The van der Waals surface area contributed by atoms with E-state index in [2.05, 4.69) is 20.2 Å². The fourth-order valence-electron chi connectivity index (χ4n) is 2.65. The van der Waals surface area contributed by atoms with E-state index in [0.29, 0.717) is 16.9 Å². The number of hydrogen-bond donors (Lipinski definition) is 1. The number of thioether (sulfide) groups is 1. The summed E-state index contributed by atoms with van der Waals surface area (Å²) in [6, 6.07) is 11.8. The second-order valence-electron chi connectivity index (χ2n) is 5.53. The number of fused-ring (bicyclic) bond motifs is 1. The molecule has 0 unspecified atom stereocenters. The molecule has 0 spiro atoms. The summed E-state index contributed by atoms with van der Waals surface area (Å²) in [6.07, 6.45) is 3.54. The highest BCUT2D eigenvalue weighted by molar-refractivity contribution is 7.98. The number of rotatable bonds is 5. The van der Waals surface area contributed by atoms with Crippen LogP contribution in [-0.4, -0.2) is 20.2 Å². The highest BCUT2D eigenvalue weighted by Crippen LogP contribution is 2.31. The standard InChI is InChI=1S/C18H12N4O2S2/c1-2-5-14-12(4-1)13(8-19-14)16-21-22-18(24-16)26-10-11-9-25-17(20-11)15-6-3-7-23-15/h1-9,19H,10H2. The maximum atomic E-state index is 5.81. The number of aromatic nitrogens is 4. The summed E-state index contributed by atoms with van der Waals surface area (Å²) in [5.74, 6) is 1.96. The van der Waals surface area contributed by atoms with E-state index >= 15 is 0 Å². The zero-order valence-electron chi connectivity index (χ0n) is 13.4. The molecule has 1 N–H and O–H groups in total. The summed E-state index contributed by atoms with van der Waals surface area (Å²) in [5.41, 5.74) is 2.91. The SMILES string of the molecule is c1coc(-c2nc(CSc3nnc(-c4c[nH]c5ccccc45)o3)cs2)c1. The molecule has 6 nitrogen and oxygen atoms in total. The lowest BCUT2D eigenvalue weighted by atomic mass is 10.2. The number of nitrogens with one attached hydrogen (secondary N) is 1. The van der Waals surface area contributed by atoms with Crippen molar-refractivity contribution in [1.29, 1.82) is 0 Å². The fraction of sp³-hybridized carbons (Fsp3) is 0.0556. The van der Waals surface area contributed by atoms with Crippen LogP contribution in [0.15, 0.2) is 68.3 Å². The lowest BCUT2D eigenvalue weighted by Crippen LogP contribution is -1.81. The zero-order valence-corrected chi connectivity index (χ0v) is 15.0. The normalized spacial score (nSPS) is 11.4. The number of hydrogen-bond acceptors (Lipinski definition) is 7. The van der Waals surface area contributed by atoms with Crippen LogP contribution in [-0.2, 0) is 5.75 Å². The Morgan fingerprint density at radius 3 is 3.00 bits per heavy atom. The van der Waals surface area contributed by atoms with Crippen LogP contribution in [0.3, 0.4) is 0 Å². The first kappa shape index (κ1) is 15.4. The van der Waals surface area contributed by atoms with Gasteiger partial charge in [0.2, 0.25) is 0 Å². The van der Waals surface area contributed by atoms with Crippen LogP contribution in [0.5, 0.6) is 0 Å². The predicted octanol–water partition coefficient (Wildman–Crippen LogP) is 5.23. The number of furan rings is 1. The fourth-order valence-corrected chi connectivity index (χ4v) is 4.19. The maximum absolute atomic E-state index is 5.81. The average Bonchev–Trinajstić information content (AvgIpc) is 3.46. The molecule has 4 aromatic heterocycles. The number of benzene rings is 1. The molecule has 0 aliphatic heterocycles. The third kappa shape index (κ3) is 2.83. The van der Waals surface area contributed by atoms with Crippen molar-refractivity contribution in [1.82, 2.24) is 20.2 Å². The van der Waals surface area contributed by atoms with E-state index in [1.54, 1.807) is 17.6 Å². The molecule has 4 heterocycles. The molecular formula is C18H12N4O2S2. The van der Waals surface area contributed by atoms with Crippen molar-refractivity contribution in [2.45, 2.75) is 11.0 Å². The van der Waals surface area contributed by atoms with Crippen LogP contribution in [0.2, 0.25) is 0 Å². The van der Waals surface area contributed by atoms with E-state index in [1.807, 2.05) is 48.0 Å².